The molecule has 2 aromatic rings. The van der Waals surface area contributed by atoms with Crippen LogP contribution in [0, 0.1) is 6.92 Å². The van der Waals surface area contributed by atoms with Crippen molar-refractivity contribution in [2.75, 3.05) is 0 Å². The molecule has 0 saturated heterocycles. The molecule has 0 amide bonds. The molecule has 1 aromatic carbocycles. The number of benzene rings is 1. The lowest BCUT2D eigenvalue weighted by Gasteiger charge is -2.15. The quantitative estimate of drug-likeness (QED) is 0.939. The third-order valence-electron chi connectivity index (χ3n) is 3.06. The van der Waals surface area contributed by atoms with Crippen LogP contribution in [0.25, 0.3) is 0 Å². The Bertz CT molecular complexity index is 534. The summed E-state index contributed by atoms with van der Waals surface area (Å²) in [7, 11) is 1.98. The van der Waals surface area contributed by atoms with Crippen LogP contribution in [-0.4, -0.2) is 9.78 Å². The number of rotatable bonds is 4. The first-order valence-electron chi connectivity index (χ1n) is 6.05. The molecule has 0 spiro atoms. The summed E-state index contributed by atoms with van der Waals surface area (Å²) in [4.78, 5) is 0. The molecule has 1 atom stereocenters. The number of hydrogen-bond acceptors (Lipinski definition) is 2. The SMILES string of the molecule is Cc1cc(CN[C@@H](C)c2ccccc2Br)n(C)n1. The van der Waals surface area contributed by atoms with Crippen molar-refractivity contribution in [2.45, 2.75) is 26.4 Å². The summed E-state index contributed by atoms with van der Waals surface area (Å²) in [5.74, 6) is 0. The molecule has 18 heavy (non-hydrogen) atoms. The highest BCUT2D eigenvalue weighted by Crippen LogP contribution is 2.22. The van der Waals surface area contributed by atoms with Crippen molar-refractivity contribution in [3.8, 4) is 0 Å². The molecule has 2 rings (SSSR count). The maximum atomic E-state index is 4.35. The van der Waals surface area contributed by atoms with Gasteiger partial charge in [0, 0.05) is 24.1 Å². The van der Waals surface area contributed by atoms with E-state index < -0.39 is 0 Å². The van der Waals surface area contributed by atoms with E-state index in [0.29, 0.717) is 6.04 Å². The van der Waals surface area contributed by atoms with Crippen LogP contribution in [0.1, 0.15) is 29.9 Å². The Kier molecular flexibility index (Phi) is 4.19. The van der Waals surface area contributed by atoms with Crippen LogP contribution >= 0.6 is 15.9 Å². The molecule has 1 heterocycles. The van der Waals surface area contributed by atoms with E-state index in [4.69, 9.17) is 0 Å². The van der Waals surface area contributed by atoms with E-state index in [1.807, 2.05) is 24.7 Å². The van der Waals surface area contributed by atoms with Gasteiger partial charge in [-0.3, -0.25) is 4.68 Å². The molecule has 0 saturated carbocycles. The molecule has 1 aromatic heterocycles. The Labute approximate surface area is 116 Å². The van der Waals surface area contributed by atoms with Crippen molar-refractivity contribution in [3.63, 3.8) is 0 Å². The molecule has 0 aliphatic carbocycles. The van der Waals surface area contributed by atoms with Crippen LogP contribution in [0.15, 0.2) is 34.8 Å². The molecule has 0 radical (unpaired) electrons. The fraction of sp³-hybridized carbons (Fsp3) is 0.357. The van der Waals surface area contributed by atoms with Crippen LogP contribution < -0.4 is 5.32 Å². The average Bonchev–Trinajstić information content (AvgIpc) is 2.65. The molecule has 1 N–H and O–H groups in total. The third kappa shape index (κ3) is 3.00. The largest absolute Gasteiger partial charge is 0.305 e. The second-order valence-corrected chi connectivity index (χ2v) is 5.38. The molecule has 4 heteroatoms. The first-order chi connectivity index (χ1) is 8.58. The van der Waals surface area contributed by atoms with Crippen LogP contribution in [0.3, 0.4) is 0 Å². The molecule has 0 unspecified atom stereocenters. The highest BCUT2D eigenvalue weighted by atomic mass is 79.9. The standard InChI is InChI=1S/C14H18BrN3/c1-10-8-12(18(3)17-10)9-16-11(2)13-6-4-5-7-14(13)15/h4-8,11,16H,9H2,1-3H3/t11-/m0/s1. The summed E-state index contributed by atoms with van der Waals surface area (Å²) in [6, 6.07) is 10.7. The van der Waals surface area contributed by atoms with Crippen LogP contribution in [0.4, 0.5) is 0 Å². The number of hydrogen-bond donors (Lipinski definition) is 1. The van der Waals surface area contributed by atoms with Crippen LogP contribution in [0.5, 0.6) is 0 Å². The van der Waals surface area contributed by atoms with E-state index in [1.54, 1.807) is 0 Å². The zero-order valence-corrected chi connectivity index (χ0v) is 12.5. The van der Waals surface area contributed by atoms with Crippen molar-refractivity contribution in [3.05, 3.63) is 51.8 Å². The van der Waals surface area contributed by atoms with Gasteiger partial charge in [0.05, 0.1) is 11.4 Å². The summed E-state index contributed by atoms with van der Waals surface area (Å²) in [6.07, 6.45) is 0. The second-order valence-electron chi connectivity index (χ2n) is 4.52. The van der Waals surface area contributed by atoms with Crippen molar-refractivity contribution >= 4 is 15.9 Å². The van der Waals surface area contributed by atoms with E-state index in [1.165, 1.54) is 11.3 Å². The molecular formula is C14H18BrN3. The first-order valence-corrected chi connectivity index (χ1v) is 6.84. The maximum absolute atomic E-state index is 4.35. The van der Waals surface area contributed by atoms with E-state index >= 15 is 0 Å². The smallest absolute Gasteiger partial charge is 0.0597 e. The minimum Gasteiger partial charge on any atom is -0.305 e. The topological polar surface area (TPSA) is 29.9 Å². The fourth-order valence-corrected chi connectivity index (χ4v) is 2.65. The molecular weight excluding hydrogens is 290 g/mol. The molecule has 0 aliphatic heterocycles. The van der Waals surface area contributed by atoms with Gasteiger partial charge in [0.25, 0.3) is 0 Å². The van der Waals surface area contributed by atoms with Gasteiger partial charge in [-0.25, -0.2) is 0 Å². The molecule has 96 valence electrons. The summed E-state index contributed by atoms with van der Waals surface area (Å²) in [6.45, 7) is 5.00. The van der Waals surface area contributed by atoms with E-state index in [-0.39, 0.29) is 0 Å². The lowest BCUT2D eigenvalue weighted by Crippen LogP contribution is -2.20. The number of nitrogens with one attached hydrogen (secondary N) is 1. The average molecular weight is 308 g/mol. The van der Waals surface area contributed by atoms with Crippen molar-refractivity contribution in [1.82, 2.24) is 15.1 Å². The van der Waals surface area contributed by atoms with E-state index in [0.717, 1.165) is 16.7 Å². The molecule has 0 fully saturated rings. The van der Waals surface area contributed by atoms with Crippen molar-refractivity contribution in [2.24, 2.45) is 7.05 Å². The zero-order valence-electron chi connectivity index (χ0n) is 10.9. The Morgan fingerprint density at radius 3 is 2.72 bits per heavy atom. The Hall–Kier alpha value is -1.13. The Morgan fingerprint density at radius 1 is 1.39 bits per heavy atom. The van der Waals surface area contributed by atoms with Crippen molar-refractivity contribution < 1.29 is 0 Å². The fourth-order valence-electron chi connectivity index (χ4n) is 2.02. The van der Waals surface area contributed by atoms with Gasteiger partial charge in [0.1, 0.15) is 0 Å². The van der Waals surface area contributed by atoms with Gasteiger partial charge in [0.2, 0.25) is 0 Å². The Morgan fingerprint density at radius 2 is 2.11 bits per heavy atom. The summed E-state index contributed by atoms with van der Waals surface area (Å²) >= 11 is 3.58. The van der Waals surface area contributed by atoms with E-state index in [9.17, 15) is 0 Å². The number of nitrogens with zero attached hydrogens (tertiary/aromatic N) is 2. The van der Waals surface area contributed by atoms with Gasteiger partial charge in [0.15, 0.2) is 0 Å². The lowest BCUT2D eigenvalue weighted by molar-refractivity contribution is 0.546. The van der Waals surface area contributed by atoms with Gasteiger partial charge in [-0.2, -0.15) is 5.10 Å². The van der Waals surface area contributed by atoms with Crippen LogP contribution in [0.2, 0.25) is 0 Å². The Balaban J connectivity index is 2.03. The minimum absolute atomic E-state index is 0.302. The predicted octanol–water partition coefficient (Wildman–Crippen LogP) is 3.34. The summed E-state index contributed by atoms with van der Waals surface area (Å²) in [5.41, 5.74) is 3.53. The number of aromatic nitrogens is 2. The predicted molar refractivity (Wildman–Crippen MR) is 77.3 cm³/mol. The number of aryl methyl sites for hydroxylation is 2. The zero-order chi connectivity index (χ0) is 13.1. The van der Waals surface area contributed by atoms with Gasteiger partial charge >= 0.3 is 0 Å². The van der Waals surface area contributed by atoms with Gasteiger partial charge in [-0.1, -0.05) is 34.1 Å². The van der Waals surface area contributed by atoms with Crippen LogP contribution in [-0.2, 0) is 13.6 Å². The first kappa shape index (κ1) is 13.3. The van der Waals surface area contributed by atoms with Gasteiger partial charge in [-0.05, 0) is 31.5 Å². The highest BCUT2D eigenvalue weighted by molar-refractivity contribution is 9.10. The third-order valence-corrected chi connectivity index (χ3v) is 3.78. The van der Waals surface area contributed by atoms with Gasteiger partial charge in [-0.15, -0.1) is 0 Å². The maximum Gasteiger partial charge on any atom is 0.0597 e. The van der Waals surface area contributed by atoms with E-state index in [2.05, 4.69) is 57.5 Å². The number of halogens is 1. The lowest BCUT2D eigenvalue weighted by atomic mass is 10.1. The summed E-state index contributed by atoms with van der Waals surface area (Å²) in [5, 5.41) is 7.87. The minimum atomic E-state index is 0.302. The highest BCUT2D eigenvalue weighted by Gasteiger charge is 2.09. The molecule has 3 nitrogen and oxygen atoms in total. The molecule has 0 aliphatic rings. The monoisotopic (exact) mass is 307 g/mol. The summed E-state index contributed by atoms with van der Waals surface area (Å²) < 4.78 is 3.07. The van der Waals surface area contributed by atoms with Crippen molar-refractivity contribution in [1.29, 1.82) is 0 Å². The molecule has 0 bridgehead atoms. The van der Waals surface area contributed by atoms with Gasteiger partial charge < -0.3 is 5.32 Å². The normalized spacial score (nSPS) is 12.7. The second kappa shape index (κ2) is 5.67.